The highest BCUT2D eigenvalue weighted by molar-refractivity contribution is 5.62. The first-order valence-electron chi connectivity index (χ1n) is 9.22. The lowest BCUT2D eigenvalue weighted by molar-refractivity contribution is 0.461. The highest BCUT2D eigenvalue weighted by Crippen LogP contribution is 2.25. The van der Waals surface area contributed by atoms with Gasteiger partial charge in [0.25, 0.3) is 0 Å². The molecule has 1 fully saturated rings. The van der Waals surface area contributed by atoms with Crippen molar-refractivity contribution >= 4 is 5.95 Å². The standard InChI is InChI=1S/C20H21F2N5/c1-13-16(12-27(26-13)19-8-7-14(21)11-17(19)22)18-9-10-23-20(25-18)24-15-5-3-2-4-6-15/h7-12,15H,2-6H2,1H3,(H,23,24,25). The van der Waals surface area contributed by atoms with E-state index in [9.17, 15) is 8.78 Å². The van der Waals surface area contributed by atoms with E-state index in [0.717, 1.165) is 30.2 Å². The zero-order valence-corrected chi connectivity index (χ0v) is 15.1. The van der Waals surface area contributed by atoms with Crippen LogP contribution in [0.1, 0.15) is 37.8 Å². The second-order valence-electron chi connectivity index (χ2n) is 6.91. The van der Waals surface area contributed by atoms with Crippen LogP contribution in [0.5, 0.6) is 0 Å². The van der Waals surface area contributed by atoms with Crippen LogP contribution in [0.3, 0.4) is 0 Å². The molecule has 1 aliphatic rings. The summed E-state index contributed by atoms with van der Waals surface area (Å²) >= 11 is 0. The molecule has 1 aliphatic carbocycles. The van der Waals surface area contributed by atoms with Crippen molar-refractivity contribution in [2.75, 3.05) is 5.32 Å². The smallest absolute Gasteiger partial charge is 0.223 e. The number of hydrogen-bond donors (Lipinski definition) is 1. The maximum atomic E-state index is 14.1. The minimum absolute atomic E-state index is 0.195. The van der Waals surface area contributed by atoms with E-state index in [1.807, 2.05) is 6.92 Å². The maximum Gasteiger partial charge on any atom is 0.223 e. The Morgan fingerprint density at radius 2 is 1.93 bits per heavy atom. The first-order chi connectivity index (χ1) is 13.1. The van der Waals surface area contributed by atoms with Gasteiger partial charge in [0, 0.05) is 30.1 Å². The van der Waals surface area contributed by atoms with E-state index in [1.54, 1.807) is 18.5 Å². The van der Waals surface area contributed by atoms with Crippen LogP contribution in [0.25, 0.3) is 16.9 Å². The molecule has 2 heterocycles. The summed E-state index contributed by atoms with van der Waals surface area (Å²) in [7, 11) is 0. The van der Waals surface area contributed by atoms with E-state index in [-0.39, 0.29) is 5.69 Å². The molecule has 0 saturated heterocycles. The number of benzene rings is 1. The number of hydrogen-bond acceptors (Lipinski definition) is 4. The Bertz CT molecular complexity index is 947. The van der Waals surface area contributed by atoms with Crippen molar-refractivity contribution < 1.29 is 8.78 Å². The van der Waals surface area contributed by atoms with E-state index in [0.29, 0.717) is 17.7 Å². The monoisotopic (exact) mass is 369 g/mol. The molecule has 140 valence electrons. The first-order valence-corrected chi connectivity index (χ1v) is 9.22. The molecule has 7 heteroatoms. The number of nitrogens with zero attached hydrogens (tertiary/aromatic N) is 4. The molecule has 1 saturated carbocycles. The van der Waals surface area contributed by atoms with Gasteiger partial charge >= 0.3 is 0 Å². The molecule has 0 amide bonds. The normalized spacial score (nSPS) is 15.1. The second-order valence-corrected chi connectivity index (χ2v) is 6.91. The predicted molar refractivity (Wildman–Crippen MR) is 99.7 cm³/mol. The van der Waals surface area contributed by atoms with Gasteiger partial charge in [0.1, 0.15) is 11.5 Å². The molecule has 5 nitrogen and oxygen atoms in total. The molecule has 0 atom stereocenters. The molecule has 2 aromatic heterocycles. The number of aryl methyl sites for hydroxylation is 1. The Balaban J connectivity index is 1.62. The molecule has 3 aromatic rings. The molecule has 0 bridgehead atoms. The van der Waals surface area contributed by atoms with Crippen LogP contribution in [0, 0.1) is 18.6 Å². The Morgan fingerprint density at radius 1 is 1.11 bits per heavy atom. The van der Waals surface area contributed by atoms with Crippen LogP contribution in [0.4, 0.5) is 14.7 Å². The average molecular weight is 369 g/mol. The molecule has 27 heavy (non-hydrogen) atoms. The number of anilines is 1. The van der Waals surface area contributed by atoms with Crippen molar-refractivity contribution in [3.05, 3.63) is 54.0 Å². The van der Waals surface area contributed by atoms with E-state index >= 15 is 0 Å². The minimum Gasteiger partial charge on any atom is -0.351 e. The number of halogens is 2. The van der Waals surface area contributed by atoms with Gasteiger partial charge in [0.05, 0.1) is 11.4 Å². The van der Waals surface area contributed by atoms with Gasteiger partial charge in [-0.15, -0.1) is 0 Å². The number of aromatic nitrogens is 4. The number of rotatable bonds is 4. The molecule has 4 rings (SSSR count). The quantitative estimate of drug-likeness (QED) is 0.727. The van der Waals surface area contributed by atoms with Crippen molar-refractivity contribution in [2.24, 2.45) is 0 Å². The van der Waals surface area contributed by atoms with Gasteiger partial charge in [-0.1, -0.05) is 19.3 Å². The van der Waals surface area contributed by atoms with Crippen molar-refractivity contribution in [2.45, 2.75) is 45.1 Å². The third-order valence-electron chi connectivity index (χ3n) is 4.93. The maximum absolute atomic E-state index is 14.1. The Morgan fingerprint density at radius 3 is 2.70 bits per heavy atom. The summed E-state index contributed by atoms with van der Waals surface area (Å²) in [5.74, 6) is -0.680. The zero-order chi connectivity index (χ0) is 18.8. The lowest BCUT2D eigenvalue weighted by atomic mass is 9.96. The highest BCUT2D eigenvalue weighted by atomic mass is 19.1. The average Bonchev–Trinajstić information content (AvgIpc) is 3.04. The van der Waals surface area contributed by atoms with Gasteiger partial charge in [-0.2, -0.15) is 5.10 Å². The van der Waals surface area contributed by atoms with Crippen molar-refractivity contribution in [3.8, 4) is 16.9 Å². The third kappa shape index (κ3) is 3.82. The largest absolute Gasteiger partial charge is 0.351 e. The van der Waals surface area contributed by atoms with Crippen LogP contribution in [0.2, 0.25) is 0 Å². The molecular formula is C20H21F2N5. The lowest BCUT2D eigenvalue weighted by Crippen LogP contribution is -2.23. The fraction of sp³-hybridized carbons (Fsp3) is 0.350. The molecular weight excluding hydrogens is 348 g/mol. The fourth-order valence-electron chi connectivity index (χ4n) is 3.51. The minimum atomic E-state index is -0.661. The summed E-state index contributed by atoms with van der Waals surface area (Å²) in [5.41, 5.74) is 2.41. The lowest BCUT2D eigenvalue weighted by Gasteiger charge is -2.22. The summed E-state index contributed by atoms with van der Waals surface area (Å²) in [6.07, 6.45) is 9.43. The molecule has 0 radical (unpaired) electrons. The van der Waals surface area contributed by atoms with E-state index < -0.39 is 11.6 Å². The molecule has 0 aliphatic heterocycles. The summed E-state index contributed by atoms with van der Waals surface area (Å²) in [4.78, 5) is 8.94. The van der Waals surface area contributed by atoms with Gasteiger partial charge < -0.3 is 5.32 Å². The fourth-order valence-corrected chi connectivity index (χ4v) is 3.51. The summed E-state index contributed by atoms with van der Waals surface area (Å²) in [5, 5.41) is 7.78. The Hall–Kier alpha value is -2.83. The second kappa shape index (κ2) is 7.42. The van der Waals surface area contributed by atoms with Crippen LogP contribution in [-0.2, 0) is 0 Å². The summed E-state index contributed by atoms with van der Waals surface area (Å²) < 4.78 is 28.6. The highest BCUT2D eigenvalue weighted by Gasteiger charge is 2.16. The number of nitrogens with one attached hydrogen (secondary N) is 1. The van der Waals surface area contributed by atoms with Gasteiger partial charge in [-0.25, -0.2) is 23.4 Å². The zero-order valence-electron chi connectivity index (χ0n) is 15.1. The van der Waals surface area contributed by atoms with Gasteiger partial charge in [-0.3, -0.25) is 0 Å². The third-order valence-corrected chi connectivity index (χ3v) is 4.93. The molecule has 1 N–H and O–H groups in total. The van der Waals surface area contributed by atoms with Crippen LogP contribution < -0.4 is 5.32 Å². The SMILES string of the molecule is Cc1nn(-c2ccc(F)cc2F)cc1-c1ccnc(NC2CCCCC2)n1. The Kier molecular flexibility index (Phi) is 4.83. The van der Waals surface area contributed by atoms with Crippen LogP contribution in [0.15, 0.2) is 36.7 Å². The molecule has 0 spiro atoms. The van der Waals surface area contributed by atoms with Gasteiger partial charge in [0.2, 0.25) is 5.95 Å². The summed E-state index contributed by atoms with van der Waals surface area (Å²) in [6, 6.07) is 5.65. The molecule has 0 unspecified atom stereocenters. The van der Waals surface area contributed by atoms with Crippen molar-refractivity contribution in [1.29, 1.82) is 0 Å². The van der Waals surface area contributed by atoms with E-state index in [1.165, 1.54) is 36.1 Å². The first kappa shape index (κ1) is 17.6. The van der Waals surface area contributed by atoms with E-state index in [2.05, 4.69) is 20.4 Å². The summed E-state index contributed by atoms with van der Waals surface area (Å²) in [6.45, 7) is 1.84. The van der Waals surface area contributed by atoms with E-state index in [4.69, 9.17) is 0 Å². The van der Waals surface area contributed by atoms with Crippen molar-refractivity contribution in [3.63, 3.8) is 0 Å². The topological polar surface area (TPSA) is 55.6 Å². The Labute approximate surface area is 156 Å². The van der Waals surface area contributed by atoms with Crippen molar-refractivity contribution in [1.82, 2.24) is 19.7 Å². The molecule has 1 aromatic carbocycles. The predicted octanol–water partition coefficient (Wildman–Crippen LogP) is 4.66. The van der Waals surface area contributed by atoms with Gasteiger partial charge in [-0.05, 0) is 38.0 Å². The van der Waals surface area contributed by atoms with Crippen LogP contribution in [-0.4, -0.2) is 25.8 Å². The van der Waals surface area contributed by atoms with Gasteiger partial charge in [0.15, 0.2) is 5.82 Å². The van der Waals surface area contributed by atoms with Crippen LogP contribution >= 0.6 is 0 Å².